The maximum Gasteiger partial charge on any atom is 0.246 e. The Morgan fingerprint density at radius 3 is 2.37 bits per heavy atom. The van der Waals surface area contributed by atoms with E-state index in [1.807, 2.05) is 6.92 Å². The van der Waals surface area contributed by atoms with Crippen LogP contribution in [0.25, 0.3) is 0 Å². The number of nitrogens with zero attached hydrogens (tertiary/aromatic N) is 1. The molecule has 2 rings (SSSR count). The van der Waals surface area contributed by atoms with E-state index in [4.69, 9.17) is 0 Å². The van der Waals surface area contributed by atoms with E-state index in [0.717, 1.165) is 18.8 Å². The van der Waals surface area contributed by atoms with Crippen molar-refractivity contribution in [3.63, 3.8) is 0 Å². The molecule has 1 unspecified atom stereocenters. The average molecular weight is 266 g/mol. The van der Waals surface area contributed by atoms with Crippen molar-refractivity contribution in [3.05, 3.63) is 0 Å². The Morgan fingerprint density at radius 1 is 1.16 bits per heavy atom. The first-order valence-corrected chi connectivity index (χ1v) is 7.75. The number of rotatable bonds is 5. The molecule has 1 aliphatic carbocycles. The molecular weight excluding hydrogens is 240 g/mol. The lowest BCUT2D eigenvalue weighted by molar-refractivity contribution is -0.138. The highest BCUT2D eigenvalue weighted by Gasteiger charge is 2.38. The summed E-state index contributed by atoms with van der Waals surface area (Å²) in [5.74, 6) is 0.823. The van der Waals surface area contributed by atoms with Gasteiger partial charge in [-0.2, -0.15) is 0 Å². The SMILES string of the molecule is CCCC1CCC(NC2CC(=O)N(CC)C2=O)CC1. The van der Waals surface area contributed by atoms with Gasteiger partial charge in [0.25, 0.3) is 0 Å². The molecule has 19 heavy (non-hydrogen) atoms. The monoisotopic (exact) mass is 266 g/mol. The van der Waals surface area contributed by atoms with Gasteiger partial charge in [-0.05, 0) is 38.5 Å². The highest BCUT2D eigenvalue weighted by molar-refractivity contribution is 6.05. The largest absolute Gasteiger partial charge is 0.303 e. The minimum atomic E-state index is -0.264. The topological polar surface area (TPSA) is 49.4 Å². The number of imide groups is 1. The van der Waals surface area contributed by atoms with E-state index in [0.29, 0.717) is 19.0 Å². The average Bonchev–Trinajstić information content (AvgIpc) is 2.67. The number of amides is 2. The molecule has 1 saturated heterocycles. The highest BCUT2D eigenvalue weighted by Crippen LogP contribution is 2.28. The third-order valence-electron chi connectivity index (χ3n) is 4.54. The van der Waals surface area contributed by atoms with Gasteiger partial charge in [-0.15, -0.1) is 0 Å². The Bertz CT molecular complexity index is 335. The Morgan fingerprint density at radius 2 is 1.84 bits per heavy atom. The van der Waals surface area contributed by atoms with Crippen LogP contribution in [0.2, 0.25) is 0 Å². The van der Waals surface area contributed by atoms with Crippen LogP contribution in [-0.4, -0.2) is 35.3 Å². The number of carbonyl (C=O) groups excluding carboxylic acids is 2. The van der Waals surface area contributed by atoms with Crippen LogP contribution in [0.15, 0.2) is 0 Å². The Hall–Kier alpha value is -0.900. The predicted molar refractivity (Wildman–Crippen MR) is 74.6 cm³/mol. The molecule has 2 fully saturated rings. The number of hydrogen-bond donors (Lipinski definition) is 1. The molecule has 0 aromatic heterocycles. The zero-order valence-corrected chi connectivity index (χ0v) is 12.2. The lowest BCUT2D eigenvalue weighted by Gasteiger charge is -2.30. The number of likely N-dealkylation sites (N-methyl/N-ethyl adjacent to an activating group) is 1. The molecule has 108 valence electrons. The van der Waals surface area contributed by atoms with Crippen LogP contribution < -0.4 is 5.32 Å². The van der Waals surface area contributed by atoms with E-state index in [1.54, 1.807) is 0 Å². The summed E-state index contributed by atoms with van der Waals surface area (Å²) >= 11 is 0. The molecule has 2 amide bonds. The van der Waals surface area contributed by atoms with Gasteiger partial charge in [0, 0.05) is 12.6 Å². The van der Waals surface area contributed by atoms with Crippen molar-refractivity contribution in [2.24, 2.45) is 5.92 Å². The minimum absolute atomic E-state index is 0.0235. The van der Waals surface area contributed by atoms with Gasteiger partial charge in [-0.25, -0.2) is 0 Å². The van der Waals surface area contributed by atoms with Crippen LogP contribution in [0.4, 0.5) is 0 Å². The first-order chi connectivity index (χ1) is 9.15. The van der Waals surface area contributed by atoms with Crippen molar-refractivity contribution in [2.45, 2.75) is 70.9 Å². The predicted octanol–water partition coefficient (Wildman–Crippen LogP) is 2.08. The summed E-state index contributed by atoms with van der Waals surface area (Å²) in [6.07, 6.45) is 7.77. The molecule has 4 heteroatoms. The number of likely N-dealkylation sites (tertiary alicyclic amines) is 1. The third-order valence-corrected chi connectivity index (χ3v) is 4.54. The van der Waals surface area contributed by atoms with Gasteiger partial charge < -0.3 is 5.32 Å². The maximum absolute atomic E-state index is 12.0. The Labute approximate surface area is 115 Å². The molecule has 0 aromatic rings. The third kappa shape index (κ3) is 3.35. The number of carbonyl (C=O) groups is 2. The van der Waals surface area contributed by atoms with Crippen LogP contribution in [0.3, 0.4) is 0 Å². The maximum atomic E-state index is 12.0. The molecule has 4 nitrogen and oxygen atoms in total. The van der Waals surface area contributed by atoms with Crippen molar-refractivity contribution < 1.29 is 9.59 Å². The summed E-state index contributed by atoms with van der Waals surface area (Å²) in [4.78, 5) is 25.1. The summed E-state index contributed by atoms with van der Waals surface area (Å²) in [6.45, 7) is 4.60. The van der Waals surface area contributed by atoms with Gasteiger partial charge in [-0.3, -0.25) is 14.5 Å². The van der Waals surface area contributed by atoms with Crippen molar-refractivity contribution in [1.29, 1.82) is 0 Å². The summed E-state index contributed by atoms with van der Waals surface area (Å²) in [5.41, 5.74) is 0. The molecule has 1 saturated carbocycles. The van der Waals surface area contributed by atoms with Crippen LogP contribution in [0, 0.1) is 5.92 Å². The first kappa shape index (κ1) is 14.5. The van der Waals surface area contributed by atoms with Gasteiger partial charge in [0.15, 0.2) is 0 Å². The molecule has 0 radical (unpaired) electrons. The van der Waals surface area contributed by atoms with Crippen LogP contribution >= 0.6 is 0 Å². The van der Waals surface area contributed by atoms with Gasteiger partial charge >= 0.3 is 0 Å². The molecule has 1 atom stereocenters. The molecule has 1 aliphatic heterocycles. The van der Waals surface area contributed by atoms with Gasteiger partial charge in [0.05, 0.1) is 12.5 Å². The molecule has 2 aliphatic rings. The normalized spacial score (nSPS) is 32.1. The van der Waals surface area contributed by atoms with E-state index >= 15 is 0 Å². The zero-order valence-electron chi connectivity index (χ0n) is 12.2. The summed E-state index contributed by atoms with van der Waals surface area (Å²) in [7, 11) is 0. The highest BCUT2D eigenvalue weighted by atomic mass is 16.2. The number of nitrogens with one attached hydrogen (secondary N) is 1. The van der Waals surface area contributed by atoms with Crippen LogP contribution in [0.5, 0.6) is 0 Å². The second kappa shape index (κ2) is 6.51. The molecule has 1 N–H and O–H groups in total. The Kier molecular flexibility index (Phi) is 4.97. The fourth-order valence-electron chi connectivity index (χ4n) is 3.46. The standard InChI is InChI=1S/C15H26N2O2/c1-3-5-11-6-8-12(9-7-11)16-13-10-14(18)17(4-2)15(13)19/h11-13,16H,3-10H2,1-2H3. The minimum Gasteiger partial charge on any atom is -0.303 e. The summed E-state index contributed by atoms with van der Waals surface area (Å²) in [6, 6.07) is 0.159. The lowest BCUT2D eigenvalue weighted by atomic mass is 9.83. The van der Waals surface area contributed by atoms with Gasteiger partial charge in [0.1, 0.15) is 0 Å². The molecule has 0 aromatic carbocycles. The van der Waals surface area contributed by atoms with Crippen molar-refractivity contribution in [1.82, 2.24) is 10.2 Å². The van der Waals surface area contributed by atoms with E-state index < -0.39 is 0 Å². The zero-order chi connectivity index (χ0) is 13.8. The van der Waals surface area contributed by atoms with Gasteiger partial charge in [-0.1, -0.05) is 19.8 Å². The van der Waals surface area contributed by atoms with E-state index in [1.165, 1.54) is 30.6 Å². The van der Waals surface area contributed by atoms with Gasteiger partial charge in [0.2, 0.25) is 11.8 Å². The molecular formula is C15H26N2O2. The van der Waals surface area contributed by atoms with Crippen LogP contribution in [-0.2, 0) is 9.59 Å². The van der Waals surface area contributed by atoms with Crippen molar-refractivity contribution >= 4 is 11.8 Å². The van der Waals surface area contributed by atoms with E-state index in [2.05, 4.69) is 12.2 Å². The smallest absolute Gasteiger partial charge is 0.246 e. The number of hydrogen-bond acceptors (Lipinski definition) is 3. The second-order valence-electron chi connectivity index (χ2n) is 5.91. The second-order valence-corrected chi connectivity index (χ2v) is 5.91. The van der Waals surface area contributed by atoms with E-state index in [9.17, 15) is 9.59 Å². The van der Waals surface area contributed by atoms with Crippen molar-refractivity contribution in [2.75, 3.05) is 6.54 Å². The van der Waals surface area contributed by atoms with Crippen LogP contribution in [0.1, 0.15) is 58.8 Å². The summed E-state index contributed by atoms with van der Waals surface area (Å²) in [5, 5.41) is 3.41. The summed E-state index contributed by atoms with van der Waals surface area (Å²) < 4.78 is 0. The molecule has 0 spiro atoms. The Balaban J connectivity index is 1.80. The fourth-order valence-corrected chi connectivity index (χ4v) is 3.46. The van der Waals surface area contributed by atoms with Crippen molar-refractivity contribution in [3.8, 4) is 0 Å². The fraction of sp³-hybridized carbons (Fsp3) is 0.867. The van der Waals surface area contributed by atoms with E-state index in [-0.39, 0.29) is 17.9 Å². The molecule has 0 bridgehead atoms. The first-order valence-electron chi connectivity index (χ1n) is 7.75. The quantitative estimate of drug-likeness (QED) is 0.775. The molecule has 1 heterocycles. The lowest BCUT2D eigenvalue weighted by Crippen LogP contribution is -2.45.